The highest BCUT2D eigenvalue weighted by Gasteiger charge is 2.18. The second kappa shape index (κ2) is 4.61. The molecule has 1 atom stereocenters. The fraction of sp³-hybridized carbons (Fsp3) is 0.300. The van der Waals surface area contributed by atoms with Gasteiger partial charge < -0.3 is 10.4 Å². The quantitative estimate of drug-likeness (QED) is 0.600. The molecule has 2 N–H and O–H groups in total. The summed E-state index contributed by atoms with van der Waals surface area (Å²) in [6, 6.07) is 3.72. The summed E-state index contributed by atoms with van der Waals surface area (Å²) in [6.07, 6.45) is 0. The summed E-state index contributed by atoms with van der Waals surface area (Å²) in [5, 5.41) is 22.0. The van der Waals surface area contributed by atoms with E-state index in [1.165, 1.54) is 19.1 Å². The van der Waals surface area contributed by atoms with Gasteiger partial charge in [0.1, 0.15) is 11.7 Å². The Balaban J connectivity index is 3.04. The van der Waals surface area contributed by atoms with E-state index in [4.69, 9.17) is 5.11 Å². The third kappa shape index (κ3) is 2.69. The van der Waals surface area contributed by atoms with Crippen molar-refractivity contribution in [2.24, 2.45) is 0 Å². The van der Waals surface area contributed by atoms with E-state index in [1.807, 2.05) is 0 Å². The molecule has 0 bridgehead atoms. The fourth-order valence-corrected chi connectivity index (χ4v) is 1.21. The summed E-state index contributed by atoms with van der Waals surface area (Å²) in [5.41, 5.74) is 0.846. The van der Waals surface area contributed by atoms with Crippen LogP contribution >= 0.6 is 0 Å². The van der Waals surface area contributed by atoms with Crippen LogP contribution in [0.25, 0.3) is 0 Å². The Hall–Kier alpha value is -2.11. The first-order chi connectivity index (χ1) is 7.41. The van der Waals surface area contributed by atoms with Crippen LogP contribution in [0.4, 0.5) is 11.4 Å². The van der Waals surface area contributed by atoms with Crippen LogP contribution in [-0.2, 0) is 4.79 Å². The predicted molar refractivity (Wildman–Crippen MR) is 58.6 cm³/mol. The number of aliphatic carboxylic acids is 1. The minimum Gasteiger partial charge on any atom is -0.480 e. The number of carboxylic acid groups (broad SMARTS) is 1. The molecule has 0 saturated carbocycles. The Kier molecular flexibility index (Phi) is 3.44. The summed E-state index contributed by atoms with van der Waals surface area (Å²) >= 11 is 0. The van der Waals surface area contributed by atoms with E-state index in [2.05, 4.69) is 5.32 Å². The molecule has 6 heteroatoms. The van der Waals surface area contributed by atoms with Crippen LogP contribution in [0.15, 0.2) is 18.2 Å². The van der Waals surface area contributed by atoms with Crippen molar-refractivity contribution >= 4 is 17.3 Å². The molecule has 0 radical (unpaired) electrons. The van der Waals surface area contributed by atoms with Crippen molar-refractivity contribution in [2.75, 3.05) is 5.32 Å². The van der Waals surface area contributed by atoms with E-state index in [1.54, 1.807) is 13.0 Å². The number of carbonyl (C=O) groups is 1. The number of nitro groups is 1. The molecule has 1 rings (SSSR count). The zero-order chi connectivity index (χ0) is 12.3. The van der Waals surface area contributed by atoms with Gasteiger partial charge in [0.05, 0.1) is 4.92 Å². The van der Waals surface area contributed by atoms with E-state index < -0.39 is 16.9 Å². The molecule has 1 aromatic rings. The predicted octanol–water partition coefficient (Wildman–Crippen LogP) is 1.79. The van der Waals surface area contributed by atoms with Gasteiger partial charge >= 0.3 is 5.97 Å². The van der Waals surface area contributed by atoms with Gasteiger partial charge in [0.15, 0.2) is 0 Å². The molecule has 0 fully saturated rings. The summed E-state index contributed by atoms with van der Waals surface area (Å²) in [5.74, 6) is -1.06. The highest BCUT2D eigenvalue weighted by Crippen LogP contribution is 2.25. The Labute approximate surface area is 92.0 Å². The van der Waals surface area contributed by atoms with Crippen LogP contribution in [0, 0.1) is 17.0 Å². The van der Waals surface area contributed by atoms with Gasteiger partial charge in [-0.05, 0) is 25.5 Å². The fourth-order valence-electron chi connectivity index (χ4n) is 1.21. The normalized spacial score (nSPS) is 11.9. The molecule has 0 aliphatic rings. The number of carboxylic acids is 1. The molecular formula is C10H12N2O4. The number of benzene rings is 1. The molecule has 0 aliphatic heterocycles. The molecule has 1 unspecified atom stereocenters. The first-order valence-corrected chi connectivity index (χ1v) is 4.66. The van der Waals surface area contributed by atoms with Crippen LogP contribution in [0.1, 0.15) is 12.5 Å². The van der Waals surface area contributed by atoms with Crippen molar-refractivity contribution in [1.82, 2.24) is 0 Å². The van der Waals surface area contributed by atoms with Gasteiger partial charge in [-0.25, -0.2) is 0 Å². The van der Waals surface area contributed by atoms with Crippen molar-refractivity contribution in [1.29, 1.82) is 0 Å². The Morgan fingerprint density at radius 2 is 2.19 bits per heavy atom. The molecule has 0 aromatic heterocycles. The van der Waals surface area contributed by atoms with Gasteiger partial charge in [-0.1, -0.05) is 6.07 Å². The molecule has 0 heterocycles. The lowest BCUT2D eigenvalue weighted by molar-refractivity contribution is -0.384. The van der Waals surface area contributed by atoms with Crippen LogP contribution in [0.3, 0.4) is 0 Å². The maximum absolute atomic E-state index is 10.7. The van der Waals surface area contributed by atoms with Gasteiger partial charge in [0, 0.05) is 6.07 Å². The largest absolute Gasteiger partial charge is 0.480 e. The monoisotopic (exact) mass is 224 g/mol. The molecular weight excluding hydrogens is 212 g/mol. The zero-order valence-electron chi connectivity index (χ0n) is 8.93. The number of nitrogens with one attached hydrogen (secondary N) is 1. The first kappa shape index (κ1) is 12.0. The van der Waals surface area contributed by atoms with Crippen LogP contribution in [-0.4, -0.2) is 22.0 Å². The lowest BCUT2D eigenvalue weighted by atomic mass is 10.2. The van der Waals surface area contributed by atoms with Gasteiger partial charge in [-0.2, -0.15) is 0 Å². The van der Waals surface area contributed by atoms with Crippen molar-refractivity contribution in [3.63, 3.8) is 0 Å². The number of nitro benzene ring substituents is 1. The molecule has 86 valence electrons. The van der Waals surface area contributed by atoms with Gasteiger partial charge in [-0.15, -0.1) is 0 Å². The molecule has 0 aliphatic carbocycles. The van der Waals surface area contributed by atoms with Crippen LogP contribution in [0.5, 0.6) is 0 Å². The van der Waals surface area contributed by atoms with E-state index in [0.29, 0.717) is 0 Å². The second-order valence-corrected chi connectivity index (χ2v) is 3.48. The number of rotatable bonds is 4. The summed E-state index contributed by atoms with van der Waals surface area (Å²) in [6.45, 7) is 3.16. The minimum atomic E-state index is -1.06. The van der Waals surface area contributed by atoms with E-state index >= 15 is 0 Å². The first-order valence-electron chi connectivity index (χ1n) is 4.66. The van der Waals surface area contributed by atoms with Crippen molar-refractivity contribution in [2.45, 2.75) is 19.9 Å². The average molecular weight is 224 g/mol. The highest BCUT2D eigenvalue weighted by atomic mass is 16.6. The smallest absolute Gasteiger partial charge is 0.325 e. The molecule has 1 aromatic carbocycles. The van der Waals surface area contributed by atoms with E-state index in [-0.39, 0.29) is 11.4 Å². The van der Waals surface area contributed by atoms with E-state index in [0.717, 1.165) is 5.56 Å². The van der Waals surface area contributed by atoms with Crippen LogP contribution in [0.2, 0.25) is 0 Å². The zero-order valence-corrected chi connectivity index (χ0v) is 8.93. The lowest BCUT2D eigenvalue weighted by Gasteiger charge is -2.11. The molecule has 0 spiro atoms. The lowest BCUT2D eigenvalue weighted by Crippen LogP contribution is -2.25. The summed E-state index contributed by atoms with van der Waals surface area (Å²) in [4.78, 5) is 20.8. The van der Waals surface area contributed by atoms with Crippen LogP contribution < -0.4 is 5.32 Å². The molecule has 16 heavy (non-hydrogen) atoms. The topological polar surface area (TPSA) is 92.5 Å². The van der Waals surface area contributed by atoms with Crippen molar-refractivity contribution in [3.8, 4) is 0 Å². The number of anilines is 1. The third-order valence-corrected chi connectivity index (χ3v) is 2.09. The number of nitrogens with zero attached hydrogens (tertiary/aromatic N) is 1. The summed E-state index contributed by atoms with van der Waals surface area (Å²) < 4.78 is 0. The Bertz CT molecular complexity index is 431. The number of hydrogen-bond donors (Lipinski definition) is 2. The van der Waals surface area contributed by atoms with E-state index in [9.17, 15) is 14.9 Å². The highest BCUT2D eigenvalue weighted by molar-refractivity contribution is 5.78. The van der Waals surface area contributed by atoms with Gasteiger partial charge in [0.25, 0.3) is 5.69 Å². The van der Waals surface area contributed by atoms with Gasteiger partial charge in [0.2, 0.25) is 0 Å². The molecule has 6 nitrogen and oxygen atoms in total. The maximum atomic E-state index is 10.7. The third-order valence-electron chi connectivity index (χ3n) is 2.09. The number of aryl methyl sites for hydroxylation is 1. The summed E-state index contributed by atoms with van der Waals surface area (Å²) in [7, 11) is 0. The Morgan fingerprint density at radius 1 is 1.56 bits per heavy atom. The Morgan fingerprint density at radius 3 is 2.69 bits per heavy atom. The standard InChI is InChI=1S/C10H12N2O4/c1-6-3-4-8(9(5-6)12(15)16)11-7(2)10(13)14/h3-5,7,11H,1-2H3,(H,13,14). The van der Waals surface area contributed by atoms with Gasteiger partial charge in [-0.3, -0.25) is 14.9 Å². The molecule has 0 amide bonds. The second-order valence-electron chi connectivity index (χ2n) is 3.48. The maximum Gasteiger partial charge on any atom is 0.325 e. The SMILES string of the molecule is Cc1ccc(NC(C)C(=O)O)c([N+](=O)[O-])c1. The van der Waals surface area contributed by atoms with Crippen molar-refractivity contribution < 1.29 is 14.8 Å². The minimum absolute atomic E-state index is 0.117. The number of hydrogen-bond acceptors (Lipinski definition) is 4. The average Bonchev–Trinajstić information content (AvgIpc) is 2.20. The van der Waals surface area contributed by atoms with Crippen molar-refractivity contribution in [3.05, 3.63) is 33.9 Å². The molecule has 0 saturated heterocycles.